The van der Waals surface area contributed by atoms with Gasteiger partial charge in [-0.15, -0.1) is 0 Å². The van der Waals surface area contributed by atoms with E-state index in [1.807, 2.05) is 36.4 Å². The normalized spacial score (nSPS) is 26.4. The maximum Gasteiger partial charge on any atom is 0.258 e. The lowest BCUT2D eigenvalue weighted by molar-refractivity contribution is -0.123. The predicted molar refractivity (Wildman–Crippen MR) is 96.8 cm³/mol. The van der Waals surface area contributed by atoms with Gasteiger partial charge in [-0.3, -0.25) is 9.69 Å². The molecule has 1 amide bonds. The zero-order valence-electron chi connectivity index (χ0n) is 14.5. The quantitative estimate of drug-likeness (QED) is 0.927. The molecule has 4 rings (SSSR count). The molecule has 2 saturated heterocycles. The molecular formula is C20H24N2O3. The molecule has 0 aliphatic carbocycles. The zero-order chi connectivity index (χ0) is 17.2. The Kier molecular flexibility index (Phi) is 4.59. The standard InChI is InChI=1S/C20H24N2O3/c1-14-10-22-11-17(9-18(22)12-24-14)21-20(23)13-25-19-7-6-15-4-2-3-5-16(15)8-19/h2-8,14,17-18H,9-13H2,1H3,(H,21,23)/t14-,17+,18-/m0/s1. The number of nitrogens with one attached hydrogen (secondary N) is 1. The van der Waals surface area contributed by atoms with Crippen molar-refractivity contribution in [2.75, 3.05) is 26.3 Å². The molecule has 2 aliphatic heterocycles. The van der Waals surface area contributed by atoms with E-state index in [1.54, 1.807) is 0 Å². The van der Waals surface area contributed by atoms with Crippen molar-refractivity contribution >= 4 is 16.7 Å². The number of amides is 1. The first-order valence-corrected chi connectivity index (χ1v) is 8.94. The molecule has 5 nitrogen and oxygen atoms in total. The van der Waals surface area contributed by atoms with E-state index >= 15 is 0 Å². The van der Waals surface area contributed by atoms with Crippen LogP contribution in [0.2, 0.25) is 0 Å². The van der Waals surface area contributed by atoms with E-state index in [4.69, 9.17) is 9.47 Å². The first-order valence-electron chi connectivity index (χ1n) is 8.94. The van der Waals surface area contributed by atoms with Crippen LogP contribution < -0.4 is 10.1 Å². The summed E-state index contributed by atoms with van der Waals surface area (Å²) in [5.41, 5.74) is 0. The Balaban J connectivity index is 1.29. The third kappa shape index (κ3) is 3.78. The van der Waals surface area contributed by atoms with Gasteiger partial charge in [0, 0.05) is 25.2 Å². The molecule has 0 saturated carbocycles. The average molecular weight is 340 g/mol. The van der Waals surface area contributed by atoms with Gasteiger partial charge in [0.15, 0.2) is 6.61 Å². The van der Waals surface area contributed by atoms with Crippen LogP contribution in [0.4, 0.5) is 0 Å². The fraction of sp³-hybridized carbons (Fsp3) is 0.450. The predicted octanol–water partition coefficient (Wildman–Crippen LogP) is 2.20. The number of benzene rings is 2. The van der Waals surface area contributed by atoms with Crippen molar-refractivity contribution in [3.05, 3.63) is 42.5 Å². The molecule has 2 heterocycles. The van der Waals surface area contributed by atoms with Gasteiger partial charge in [0.1, 0.15) is 5.75 Å². The number of ether oxygens (including phenoxy) is 2. The Bertz CT molecular complexity index is 763. The van der Waals surface area contributed by atoms with E-state index in [9.17, 15) is 4.79 Å². The molecule has 0 unspecified atom stereocenters. The first kappa shape index (κ1) is 16.4. The lowest BCUT2D eigenvalue weighted by atomic mass is 10.1. The highest BCUT2D eigenvalue weighted by Crippen LogP contribution is 2.23. The molecular weight excluding hydrogens is 316 g/mol. The SMILES string of the molecule is C[C@H]1CN2C[C@H](NC(=O)COc3ccc4ccccc4c3)C[C@H]2CO1. The van der Waals surface area contributed by atoms with E-state index in [0.717, 1.165) is 37.3 Å². The van der Waals surface area contributed by atoms with Crippen molar-refractivity contribution in [3.8, 4) is 5.75 Å². The van der Waals surface area contributed by atoms with Crippen LogP contribution in [0, 0.1) is 0 Å². The molecule has 2 fully saturated rings. The largest absolute Gasteiger partial charge is 0.484 e. The maximum absolute atomic E-state index is 12.2. The molecule has 0 bridgehead atoms. The number of morpholine rings is 1. The summed E-state index contributed by atoms with van der Waals surface area (Å²) in [6, 6.07) is 14.6. The minimum absolute atomic E-state index is 0.0480. The summed E-state index contributed by atoms with van der Waals surface area (Å²) in [5, 5.41) is 5.37. The summed E-state index contributed by atoms with van der Waals surface area (Å²) in [6.45, 7) is 4.76. The number of carbonyl (C=O) groups excluding carboxylic acids is 1. The van der Waals surface area contributed by atoms with Crippen molar-refractivity contribution in [2.45, 2.75) is 31.5 Å². The fourth-order valence-corrected chi connectivity index (χ4v) is 3.82. The van der Waals surface area contributed by atoms with Crippen molar-refractivity contribution in [1.29, 1.82) is 0 Å². The molecule has 132 valence electrons. The minimum Gasteiger partial charge on any atom is -0.484 e. The monoisotopic (exact) mass is 340 g/mol. The van der Waals surface area contributed by atoms with Gasteiger partial charge in [-0.25, -0.2) is 0 Å². The molecule has 5 heteroatoms. The van der Waals surface area contributed by atoms with Gasteiger partial charge in [-0.05, 0) is 36.2 Å². The Labute approximate surface area is 147 Å². The van der Waals surface area contributed by atoms with Gasteiger partial charge < -0.3 is 14.8 Å². The van der Waals surface area contributed by atoms with E-state index < -0.39 is 0 Å². The van der Waals surface area contributed by atoms with E-state index in [0.29, 0.717) is 6.04 Å². The highest BCUT2D eigenvalue weighted by molar-refractivity contribution is 5.84. The number of rotatable bonds is 4. The highest BCUT2D eigenvalue weighted by atomic mass is 16.5. The second-order valence-electron chi connectivity index (χ2n) is 7.05. The second-order valence-corrected chi connectivity index (χ2v) is 7.05. The molecule has 0 spiro atoms. The van der Waals surface area contributed by atoms with Crippen LogP contribution in [0.25, 0.3) is 10.8 Å². The average Bonchev–Trinajstić information content (AvgIpc) is 3.01. The Morgan fingerprint density at radius 2 is 2.08 bits per heavy atom. The van der Waals surface area contributed by atoms with Crippen molar-refractivity contribution < 1.29 is 14.3 Å². The third-order valence-electron chi connectivity index (χ3n) is 5.05. The molecule has 25 heavy (non-hydrogen) atoms. The minimum atomic E-state index is -0.0630. The van der Waals surface area contributed by atoms with Crippen LogP contribution in [-0.4, -0.2) is 55.3 Å². The number of fused-ring (bicyclic) bond motifs is 2. The Hall–Kier alpha value is -2.11. The molecule has 0 aromatic heterocycles. The molecule has 2 aromatic carbocycles. The van der Waals surface area contributed by atoms with Crippen molar-refractivity contribution in [3.63, 3.8) is 0 Å². The number of hydrogen-bond acceptors (Lipinski definition) is 4. The number of hydrogen-bond donors (Lipinski definition) is 1. The molecule has 3 atom stereocenters. The first-order chi connectivity index (χ1) is 12.2. The molecule has 0 radical (unpaired) electrons. The van der Waals surface area contributed by atoms with Gasteiger partial charge in [-0.1, -0.05) is 30.3 Å². The summed E-state index contributed by atoms with van der Waals surface area (Å²) >= 11 is 0. The van der Waals surface area contributed by atoms with E-state index in [1.165, 1.54) is 5.39 Å². The van der Waals surface area contributed by atoms with Crippen LogP contribution in [0.1, 0.15) is 13.3 Å². The summed E-state index contributed by atoms with van der Waals surface area (Å²) in [7, 11) is 0. The van der Waals surface area contributed by atoms with Crippen LogP contribution >= 0.6 is 0 Å². The number of nitrogens with zero attached hydrogens (tertiary/aromatic N) is 1. The molecule has 1 N–H and O–H groups in total. The van der Waals surface area contributed by atoms with Crippen LogP contribution in [0.15, 0.2) is 42.5 Å². The van der Waals surface area contributed by atoms with Crippen molar-refractivity contribution in [1.82, 2.24) is 10.2 Å². The fourth-order valence-electron chi connectivity index (χ4n) is 3.82. The summed E-state index contributed by atoms with van der Waals surface area (Å²) in [4.78, 5) is 14.6. The highest BCUT2D eigenvalue weighted by Gasteiger charge is 2.36. The van der Waals surface area contributed by atoms with Crippen LogP contribution in [0.5, 0.6) is 5.75 Å². The zero-order valence-corrected chi connectivity index (χ0v) is 14.5. The van der Waals surface area contributed by atoms with Crippen LogP contribution in [0.3, 0.4) is 0 Å². The summed E-state index contributed by atoms with van der Waals surface area (Å²) in [6.07, 6.45) is 1.23. The molecule has 2 aliphatic rings. The topological polar surface area (TPSA) is 50.8 Å². The second kappa shape index (κ2) is 7.02. The van der Waals surface area contributed by atoms with Gasteiger partial charge >= 0.3 is 0 Å². The van der Waals surface area contributed by atoms with Crippen molar-refractivity contribution in [2.24, 2.45) is 0 Å². The molecule has 2 aromatic rings. The van der Waals surface area contributed by atoms with Gasteiger partial charge in [0.2, 0.25) is 0 Å². The van der Waals surface area contributed by atoms with Gasteiger partial charge in [0.05, 0.1) is 12.7 Å². The Morgan fingerprint density at radius 1 is 1.24 bits per heavy atom. The maximum atomic E-state index is 12.2. The lowest BCUT2D eigenvalue weighted by Gasteiger charge is -2.33. The van der Waals surface area contributed by atoms with Crippen LogP contribution in [-0.2, 0) is 9.53 Å². The van der Waals surface area contributed by atoms with E-state index in [-0.39, 0.29) is 24.7 Å². The third-order valence-corrected chi connectivity index (χ3v) is 5.05. The number of carbonyl (C=O) groups is 1. The van der Waals surface area contributed by atoms with E-state index in [2.05, 4.69) is 23.2 Å². The summed E-state index contributed by atoms with van der Waals surface area (Å²) in [5.74, 6) is 0.659. The smallest absolute Gasteiger partial charge is 0.258 e. The Morgan fingerprint density at radius 3 is 2.96 bits per heavy atom. The summed E-state index contributed by atoms with van der Waals surface area (Å²) < 4.78 is 11.4. The lowest BCUT2D eigenvalue weighted by Crippen LogP contribution is -2.45. The van der Waals surface area contributed by atoms with Gasteiger partial charge in [-0.2, -0.15) is 0 Å². The van der Waals surface area contributed by atoms with Gasteiger partial charge in [0.25, 0.3) is 5.91 Å².